The lowest BCUT2D eigenvalue weighted by atomic mass is 10.1. The largest absolute Gasteiger partial charge is 0.420 e. The lowest BCUT2D eigenvalue weighted by Crippen LogP contribution is -2.38. The van der Waals surface area contributed by atoms with Crippen LogP contribution in [0.15, 0.2) is 51.0 Å². The van der Waals surface area contributed by atoms with Crippen LogP contribution in [-0.4, -0.2) is 21.9 Å². The van der Waals surface area contributed by atoms with Crippen LogP contribution in [0.2, 0.25) is 0 Å². The minimum atomic E-state index is -0.493. The molecule has 6 heteroatoms. The van der Waals surface area contributed by atoms with E-state index in [1.54, 1.807) is 23.5 Å². The predicted molar refractivity (Wildman–Crippen MR) is 104 cm³/mol. The quantitative estimate of drug-likeness (QED) is 0.622. The van der Waals surface area contributed by atoms with Crippen LogP contribution >= 0.6 is 11.3 Å². The first-order valence-corrected chi connectivity index (χ1v) is 9.76. The van der Waals surface area contributed by atoms with Gasteiger partial charge < -0.3 is 9.32 Å². The molecule has 0 spiro atoms. The Hall–Kier alpha value is -2.34. The van der Waals surface area contributed by atoms with Gasteiger partial charge in [-0.1, -0.05) is 32.0 Å². The highest BCUT2D eigenvalue weighted by Crippen LogP contribution is 2.26. The minimum absolute atomic E-state index is 0.0103. The van der Waals surface area contributed by atoms with Crippen molar-refractivity contribution in [1.82, 2.24) is 9.47 Å². The van der Waals surface area contributed by atoms with Gasteiger partial charge in [0.2, 0.25) is 5.91 Å². The summed E-state index contributed by atoms with van der Waals surface area (Å²) in [6, 6.07) is 11.2. The van der Waals surface area contributed by atoms with Gasteiger partial charge in [-0.25, -0.2) is 4.79 Å². The van der Waals surface area contributed by atoms with Crippen LogP contribution in [0, 0.1) is 5.92 Å². The lowest BCUT2D eigenvalue weighted by Gasteiger charge is -2.29. The smallest absolute Gasteiger partial charge is 0.408 e. The monoisotopic (exact) mass is 372 g/mol. The van der Waals surface area contributed by atoms with E-state index in [0.717, 1.165) is 11.3 Å². The Morgan fingerprint density at radius 2 is 1.96 bits per heavy atom. The van der Waals surface area contributed by atoms with Gasteiger partial charge in [-0.3, -0.25) is 9.36 Å². The summed E-state index contributed by atoms with van der Waals surface area (Å²) in [6.45, 7) is 6.99. The molecule has 1 unspecified atom stereocenters. The molecule has 0 bridgehead atoms. The molecule has 26 heavy (non-hydrogen) atoms. The lowest BCUT2D eigenvalue weighted by molar-refractivity contribution is -0.134. The van der Waals surface area contributed by atoms with Gasteiger partial charge in [0, 0.05) is 11.4 Å². The highest BCUT2D eigenvalue weighted by molar-refractivity contribution is 7.10. The molecule has 3 rings (SSSR count). The number of carbonyl (C=O) groups excluding carboxylic acids is 1. The van der Waals surface area contributed by atoms with E-state index in [2.05, 4.69) is 13.8 Å². The standard InChI is InChI=1S/C20H24N2O3S/c1-14(2)10-11-21(15(3)18-9-6-12-26-18)19(23)13-22-16-7-4-5-8-17(16)25-20(22)24/h4-9,12,14-15H,10-11,13H2,1-3H3. The van der Waals surface area contributed by atoms with E-state index < -0.39 is 5.76 Å². The number of hydrogen-bond acceptors (Lipinski definition) is 4. The summed E-state index contributed by atoms with van der Waals surface area (Å²) in [5.74, 6) is -0.0642. The van der Waals surface area contributed by atoms with Gasteiger partial charge in [0.25, 0.3) is 0 Å². The van der Waals surface area contributed by atoms with Crippen LogP contribution in [0.25, 0.3) is 11.1 Å². The third-order valence-electron chi connectivity index (χ3n) is 4.56. The summed E-state index contributed by atoms with van der Waals surface area (Å²) < 4.78 is 6.67. The summed E-state index contributed by atoms with van der Waals surface area (Å²) in [5, 5.41) is 2.02. The van der Waals surface area contributed by atoms with E-state index in [4.69, 9.17) is 4.42 Å². The Morgan fingerprint density at radius 3 is 2.65 bits per heavy atom. The third kappa shape index (κ3) is 3.90. The van der Waals surface area contributed by atoms with Crippen molar-refractivity contribution in [2.24, 2.45) is 5.92 Å². The zero-order valence-corrected chi connectivity index (χ0v) is 16.2. The van der Waals surface area contributed by atoms with E-state index in [-0.39, 0.29) is 18.5 Å². The number of para-hydroxylation sites is 2. The fourth-order valence-corrected chi connectivity index (χ4v) is 3.80. The van der Waals surface area contributed by atoms with E-state index in [1.807, 2.05) is 41.5 Å². The van der Waals surface area contributed by atoms with Gasteiger partial charge in [0.15, 0.2) is 5.58 Å². The van der Waals surface area contributed by atoms with Crippen molar-refractivity contribution in [3.05, 3.63) is 57.2 Å². The summed E-state index contributed by atoms with van der Waals surface area (Å²) in [6.07, 6.45) is 0.919. The number of amides is 1. The summed E-state index contributed by atoms with van der Waals surface area (Å²) in [5.41, 5.74) is 1.16. The Balaban J connectivity index is 1.86. The molecule has 0 fully saturated rings. The molecule has 1 aromatic carbocycles. The Kier molecular flexibility index (Phi) is 5.61. The molecule has 0 N–H and O–H groups in total. The number of oxazole rings is 1. The molecular weight excluding hydrogens is 348 g/mol. The number of benzene rings is 1. The van der Waals surface area contributed by atoms with Crippen molar-refractivity contribution < 1.29 is 9.21 Å². The maximum atomic E-state index is 13.1. The molecule has 1 atom stereocenters. The zero-order valence-electron chi connectivity index (χ0n) is 15.3. The van der Waals surface area contributed by atoms with Gasteiger partial charge in [-0.15, -0.1) is 11.3 Å². The maximum Gasteiger partial charge on any atom is 0.420 e. The molecule has 0 aliphatic carbocycles. The van der Waals surface area contributed by atoms with Crippen LogP contribution in [-0.2, 0) is 11.3 Å². The number of hydrogen-bond donors (Lipinski definition) is 0. The molecule has 138 valence electrons. The highest BCUT2D eigenvalue weighted by Gasteiger charge is 2.24. The Morgan fingerprint density at radius 1 is 1.19 bits per heavy atom. The van der Waals surface area contributed by atoms with Gasteiger partial charge in [-0.05, 0) is 42.8 Å². The van der Waals surface area contributed by atoms with Crippen LogP contribution in [0.4, 0.5) is 0 Å². The van der Waals surface area contributed by atoms with Crippen molar-refractivity contribution in [1.29, 1.82) is 0 Å². The number of carbonyl (C=O) groups is 1. The maximum absolute atomic E-state index is 13.1. The fourth-order valence-electron chi connectivity index (χ4n) is 3.00. The molecule has 3 aromatic rings. The van der Waals surface area contributed by atoms with Crippen molar-refractivity contribution in [3.8, 4) is 0 Å². The normalized spacial score (nSPS) is 12.6. The van der Waals surface area contributed by atoms with Gasteiger partial charge in [-0.2, -0.15) is 0 Å². The number of nitrogens with zero attached hydrogens (tertiary/aromatic N) is 2. The molecule has 5 nitrogen and oxygen atoms in total. The number of thiophene rings is 1. The molecule has 1 amide bonds. The second-order valence-corrected chi connectivity index (χ2v) is 7.86. The molecular formula is C20H24N2O3S. The molecule has 0 aliphatic heterocycles. The van der Waals surface area contributed by atoms with Crippen LogP contribution in [0.3, 0.4) is 0 Å². The molecule has 0 saturated heterocycles. The second-order valence-electron chi connectivity index (χ2n) is 6.88. The molecule has 2 heterocycles. The average molecular weight is 372 g/mol. The Bertz CT molecular complexity index is 924. The summed E-state index contributed by atoms with van der Waals surface area (Å²) in [4.78, 5) is 28.3. The van der Waals surface area contributed by atoms with Crippen LogP contribution in [0.1, 0.15) is 38.1 Å². The number of aromatic nitrogens is 1. The fraction of sp³-hybridized carbons (Fsp3) is 0.400. The van der Waals surface area contributed by atoms with Gasteiger partial charge in [0.05, 0.1) is 11.6 Å². The Labute approximate surface area is 156 Å². The summed E-state index contributed by atoms with van der Waals surface area (Å²) >= 11 is 1.64. The minimum Gasteiger partial charge on any atom is -0.408 e. The van der Waals surface area contributed by atoms with Crippen molar-refractivity contribution in [2.75, 3.05) is 6.54 Å². The zero-order chi connectivity index (χ0) is 18.7. The topological polar surface area (TPSA) is 55.5 Å². The third-order valence-corrected chi connectivity index (χ3v) is 5.60. The first-order chi connectivity index (χ1) is 12.5. The first kappa shape index (κ1) is 18.5. The van der Waals surface area contributed by atoms with E-state index >= 15 is 0 Å². The van der Waals surface area contributed by atoms with Crippen molar-refractivity contribution in [2.45, 2.75) is 39.8 Å². The van der Waals surface area contributed by atoms with E-state index in [1.165, 1.54) is 4.57 Å². The van der Waals surface area contributed by atoms with Crippen LogP contribution in [0.5, 0.6) is 0 Å². The van der Waals surface area contributed by atoms with Crippen LogP contribution < -0.4 is 5.76 Å². The SMILES string of the molecule is CC(C)CCN(C(=O)Cn1c(=O)oc2ccccc21)C(C)c1cccs1. The molecule has 0 saturated carbocycles. The molecule has 0 radical (unpaired) electrons. The van der Waals surface area contributed by atoms with E-state index in [0.29, 0.717) is 23.6 Å². The number of rotatable bonds is 7. The first-order valence-electron chi connectivity index (χ1n) is 8.88. The summed E-state index contributed by atoms with van der Waals surface area (Å²) in [7, 11) is 0. The van der Waals surface area contributed by atoms with Gasteiger partial charge in [0.1, 0.15) is 6.54 Å². The molecule has 0 aliphatic rings. The van der Waals surface area contributed by atoms with Gasteiger partial charge >= 0.3 is 5.76 Å². The van der Waals surface area contributed by atoms with Crippen molar-refractivity contribution in [3.63, 3.8) is 0 Å². The number of fused-ring (bicyclic) bond motifs is 1. The van der Waals surface area contributed by atoms with Crippen molar-refractivity contribution >= 4 is 28.3 Å². The molecule has 2 aromatic heterocycles. The second kappa shape index (κ2) is 7.91. The average Bonchev–Trinajstić information content (AvgIpc) is 3.23. The van der Waals surface area contributed by atoms with E-state index in [9.17, 15) is 9.59 Å². The predicted octanol–water partition coefficient (Wildman–Crippen LogP) is 4.29. The highest BCUT2D eigenvalue weighted by atomic mass is 32.1.